The minimum Gasteiger partial charge on any atom is -0.455 e. The Hall–Kier alpha value is -3.93. The number of ether oxygens (including phenoxy) is 1. The standard InChI is InChI=1S/C26H26N2O4/c1-18-12-14-20(15-13-18)16-25(30)32-17-24(29)28-23-11-7-6-10-22(23)26(31)27-19(2)21-8-4-3-5-9-21/h3-15,19H,16-17H2,1-2H3,(H,27,31)(H,28,29). The molecule has 164 valence electrons. The number of esters is 1. The molecular formula is C26H26N2O4. The van der Waals surface area contributed by atoms with Crippen molar-refractivity contribution < 1.29 is 19.1 Å². The predicted octanol–water partition coefficient (Wildman–Crippen LogP) is 4.21. The zero-order valence-electron chi connectivity index (χ0n) is 18.1. The van der Waals surface area contributed by atoms with E-state index in [1.165, 1.54) is 0 Å². The number of benzene rings is 3. The topological polar surface area (TPSA) is 84.5 Å². The summed E-state index contributed by atoms with van der Waals surface area (Å²) >= 11 is 0. The number of carbonyl (C=O) groups excluding carboxylic acids is 3. The van der Waals surface area contributed by atoms with Crippen LogP contribution in [0.4, 0.5) is 5.69 Å². The Kier molecular flexibility index (Phi) is 7.75. The second kappa shape index (κ2) is 10.9. The van der Waals surface area contributed by atoms with Crippen molar-refractivity contribution in [1.29, 1.82) is 0 Å². The maximum Gasteiger partial charge on any atom is 0.310 e. The molecule has 32 heavy (non-hydrogen) atoms. The average molecular weight is 431 g/mol. The molecule has 0 saturated heterocycles. The Bertz CT molecular complexity index is 1080. The number of aryl methyl sites for hydroxylation is 1. The van der Waals surface area contributed by atoms with Gasteiger partial charge in [0, 0.05) is 0 Å². The van der Waals surface area contributed by atoms with Gasteiger partial charge < -0.3 is 15.4 Å². The van der Waals surface area contributed by atoms with Gasteiger partial charge in [0.2, 0.25) is 0 Å². The highest BCUT2D eigenvalue weighted by atomic mass is 16.5. The summed E-state index contributed by atoms with van der Waals surface area (Å²) in [7, 11) is 0. The van der Waals surface area contributed by atoms with Crippen LogP contribution in [0.3, 0.4) is 0 Å². The van der Waals surface area contributed by atoms with Crippen LogP contribution in [0.1, 0.15) is 40.0 Å². The second-order valence-electron chi connectivity index (χ2n) is 7.52. The average Bonchev–Trinajstić information content (AvgIpc) is 2.80. The molecule has 1 unspecified atom stereocenters. The molecule has 3 aromatic rings. The Morgan fingerprint density at radius 3 is 2.25 bits per heavy atom. The molecule has 0 saturated carbocycles. The summed E-state index contributed by atoms with van der Waals surface area (Å²) in [5.41, 5.74) is 3.57. The molecule has 0 aliphatic heterocycles. The van der Waals surface area contributed by atoms with Crippen LogP contribution >= 0.6 is 0 Å². The zero-order chi connectivity index (χ0) is 22.9. The largest absolute Gasteiger partial charge is 0.455 e. The summed E-state index contributed by atoms with van der Waals surface area (Å²) in [6, 6.07) is 23.6. The number of para-hydroxylation sites is 1. The van der Waals surface area contributed by atoms with Gasteiger partial charge in [0.25, 0.3) is 11.8 Å². The van der Waals surface area contributed by atoms with Crippen LogP contribution in [-0.2, 0) is 20.7 Å². The van der Waals surface area contributed by atoms with Gasteiger partial charge >= 0.3 is 5.97 Å². The van der Waals surface area contributed by atoms with Crippen molar-refractivity contribution in [2.45, 2.75) is 26.3 Å². The maximum atomic E-state index is 12.8. The smallest absolute Gasteiger partial charge is 0.310 e. The number of rotatable bonds is 8. The number of nitrogens with one attached hydrogen (secondary N) is 2. The van der Waals surface area contributed by atoms with E-state index in [9.17, 15) is 14.4 Å². The molecule has 3 rings (SSSR count). The van der Waals surface area contributed by atoms with Gasteiger partial charge in [0.15, 0.2) is 6.61 Å². The molecular weight excluding hydrogens is 404 g/mol. The van der Waals surface area contributed by atoms with E-state index in [1.54, 1.807) is 24.3 Å². The molecule has 6 heteroatoms. The minimum atomic E-state index is -0.515. The van der Waals surface area contributed by atoms with Crippen molar-refractivity contribution in [2.24, 2.45) is 0 Å². The van der Waals surface area contributed by atoms with Gasteiger partial charge in [0.05, 0.1) is 23.7 Å². The van der Waals surface area contributed by atoms with E-state index in [1.807, 2.05) is 68.4 Å². The summed E-state index contributed by atoms with van der Waals surface area (Å²) in [6.45, 7) is 3.43. The van der Waals surface area contributed by atoms with E-state index in [4.69, 9.17) is 4.74 Å². The van der Waals surface area contributed by atoms with Crippen LogP contribution in [0.25, 0.3) is 0 Å². The maximum absolute atomic E-state index is 12.8. The van der Waals surface area contributed by atoms with E-state index < -0.39 is 18.5 Å². The van der Waals surface area contributed by atoms with Crippen LogP contribution in [0.15, 0.2) is 78.9 Å². The highest BCUT2D eigenvalue weighted by Gasteiger charge is 2.16. The third-order valence-corrected chi connectivity index (χ3v) is 4.93. The number of carbonyl (C=O) groups is 3. The van der Waals surface area contributed by atoms with Gasteiger partial charge in [-0.15, -0.1) is 0 Å². The molecule has 0 bridgehead atoms. The fraction of sp³-hybridized carbons (Fsp3) is 0.192. The van der Waals surface area contributed by atoms with Crippen molar-refractivity contribution >= 4 is 23.5 Å². The van der Waals surface area contributed by atoms with E-state index in [2.05, 4.69) is 10.6 Å². The van der Waals surface area contributed by atoms with Gasteiger partial charge in [-0.2, -0.15) is 0 Å². The quantitative estimate of drug-likeness (QED) is 0.525. The van der Waals surface area contributed by atoms with E-state index >= 15 is 0 Å². The van der Waals surface area contributed by atoms with Gasteiger partial charge in [-0.3, -0.25) is 14.4 Å². The Morgan fingerprint density at radius 1 is 0.875 bits per heavy atom. The molecule has 6 nitrogen and oxygen atoms in total. The SMILES string of the molecule is Cc1ccc(CC(=O)OCC(=O)Nc2ccccc2C(=O)NC(C)c2ccccc2)cc1. The number of amides is 2. The summed E-state index contributed by atoms with van der Waals surface area (Å²) in [4.78, 5) is 37.1. The summed E-state index contributed by atoms with van der Waals surface area (Å²) in [5, 5.41) is 5.59. The Morgan fingerprint density at radius 2 is 1.53 bits per heavy atom. The molecule has 0 aromatic heterocycles. The third kappa shape index (κ3) is 6.54. The van der Waals surface area contributed by atoms with Crippen LogP contribution in [-0.4, -0.2) is 24.4 Å². The van der Waals surface area contributed by atoms with Gasteiger partial charge in [-0.05, 0) is 37.1 Å². The normalized spacial score (nSPS) is 11.3. The lowest BCUT2D eigenvalue weighted by Crippen LogP contribution is -2.28. The minimum absolute atomic E-state index is 0.0872. The fourth-order valence-electron chi connectivity index (χ4n) is 3.15. The molecule has 2 N–H and O–H groups in total. The second-order valence-corrected chi connectivity index (χ2v) is 7.52. The highest BCUT2D eigenvalue weighted by Crippen LogP contribution is 2.18. The van der Waals surface area contributed by atoms with E-state index in [0.717, 1.165) is 16.7 Å². The zero-order valence-corrected chi connectivity index (χ0v) is 18.1. The molecule has 0 aliphatic rings. The molecule has 0 fully saturated rings. The summed E-state index contributed by atoms with van der Waals surface area (Å²) < 4.78 is 5.08. The lowest BCUT2D eigenvalue weighted by Gasteiger charge is -2.16. The highest BCUT2D eigenvalue weighted by molar-refractivity contribution is 6.04. The lowest BCUT2D eigenvalue weighted by atomic mass is 10.1. The first-order valence-electron chi connectivity index (χ1n) is 10.4. The third-order valence-electron chi connectivity index (χ3n) is 4.93. The first-order chi connectivity index (χ1) is 15.4. The molecule has 0 spiro atoms. The monoisotopic (exact) mass is 430 g/mol. The van der Waals surface area contributed by atoms with Crippen LogP contribution < -0.4 is 10.6 Å². The van der Waals surface area contributed by atoms with Crippen LogP contribution in [0.5, 0.6) is 0 Å². The Balaban J connectivity index is 1.55. The number of hydrogen-bond acceptors (Lipinski definition) is 4. The molecule has 0 radical (unpaired) electrons. The van der Waals surface area contributed by atoms with Crippen molar-refractivity contribution in [3.63, 3.8) is 0 Å². The first kappa shape index (κ1) is 22.7. The lowest BCUT2D eigenvalue weighted by molar-refractivity contribution is -0.146. The fourth-order valence-corrected chi connectivity index (χ4v) is 3.15. The van der Waals surface area contributed by atoms with Gasteiger partial charge in [-0.25, -0.2) is 0 Å². The van der Waals surface area contributed by atoms with Gasteiger partial charge in [-0.1, -0.05) is 72.3 Å². The molecule has 3 aromatic carbocycles. The molecule has 0 aliphatic carbocycles. The summed E-state index contributed by atoms with van der Waals surface area (Å²) in [6.07, 6.45) is 0.0872. The van der Waals surface area contributed by atoms with E-state index in [0.29, 0.717) is 11.3 Å². The van der Waals surface area contributed by atoms with Crippen molar-refractivity contribution in [3.05, 3.63) is 101 Å². The predicted molar refractivity (Wildman–Crippen MR) is 123 cm³/mol. The summed E-state index contributed by atoms with van der Waals surface area (Å²) in [5.74, 6) is -1.32. The van der Waals surface area contributed by atoms with Crippen molar-refractivity contribution in [1.82, 2.24) is 5.32 Å². The molecule has 1 atom stereocenters. The van der Waals surface area contributed by atoms with Crippen LogP contribution in [0.2, 0.25) is 0 Å². The Labute approximate surface area is 187 Å². The molecule has 0 heterocycles. The van der Waals surface area contributed by atoms with E-state index in [-0.39, 0.29) is 18.4 Å². The van der Waals surface area contributed by atoms with Crippen molar-refractivity contribution in [2.75, 3.05) is 11.9 Å². The van der Waals surface area contributed by atoms with Crippen LogP contribution in [0, 0.1) is 6.92 Å². The molecule has 2 amide bonds. The number of hydrogen-bond donors (Lipinski definition) is 2. The van der Waals surface area contributed by atoms with Crippen molar-refractivity contribution in [3.8, 4) is 0 Å². The van der Waals surface area contributed by atoms with Gasteiger partial charge in [0.1, 0.15) is 0 Å². The number of anilines is 1. The first-order valence-corrected chi connectivity index (χ1v) is 10.4.